The monoisotopic (exact) mass is 302 g/mol. The second-order valence-electron chi connectivity index (χ2n) is 6.25. The Bertz CT molecular complexity index is 632. The second-order valence-corrected chi connectivity index (χ2v) is 6.25. The summed E-state index contributed by atoms with van der Waals surface area (Å²) in [6.07, 6.45) is -0.580. The molecule has 1 atom stereocenters. The van der Waals surface area contributed by atoms with E-state index >= 15 is 0 Å². The fourth-order valence-electron chi connectivity index (χ4n) is 2.69. The molecule has 0 saturated heterocycles. The third-order valence-electron chi connectivity index (χ3n) is 3.79. The van der Waals surface area contributed by atoms with Crippen molar-refractivity contribution in [1.29, 1.82) is 0 Å². The average Bonchev–Trinajstić information content (AvgIpc) is 2.74. The van der Waals surface area contributed by atoms with Gasteiger partial charge < -0.3 is 9.84 Å². The summed E-state index contributed by atoms with van der Waals surface area (Å²) in [4.78, 5) is 0. The number of hydrogen-bond acceptors (Lipinski definition) is 3. The highest BCUT2D eigenvalue weighted by atomic mass is 16.5. The van der Waals surface area contributed by atoms with Crippen molar-refractivity contribution in [3.63, 3.8) is 0 Å². The van der Waals surface area contributed by atoms with E-state index in [9.17, 15) is 5.11 Å². The van der Waals surface area contributed by atoms with E-state index in [4.69, 9.17) is 4.74 Å². The van der Waals surface area contributed by atoms with Gasteiger partial charge in [0.05, 0.1) is 12.2 Å². The summed E-state index contributed by atoms with van der Waals surface area (Å²) < 4.78 is 7.53. The van der Waals surface area contributed by atoms with Gasteiger partial charge in [-0.05, 0) is 56.0 Å². The lowest BCUT2D eigenvalue weighted by atomic mass is 9.98. The lowest BCUT2D eigenvalue weighted by molar-refractivity contribution is 0.0886. The van der Waals surface area contributed by atoms with Crippen molar-refractivity contribution >= 4 is 0 Å². The van der Waals surface area contributed by atoms with Crippen molar-refractivity contribution in [2.45, 2.75) is 53.2 Å². The van der Waals surface area contributed by atoms with Gasteiger partial charge in [-0.2, -0.15) is 5.10 Å². The molecule has 2 aromatic rings. The molecule has 0 saturated carbocycles. The van der Waals surface area contributed by atoms with Gasteiger partial charge in [-0.25, -0.2) is 0 Å². The first-order valence-electron chi connectivity index (χ1n) is 7.79. The van der Waals surface area contributed by atoms with Crippen molar-refractivity contribution < 1.29 is 9.84 Å². The Balaban J connectivity index is 1.92. The molecule has 0 aliphatic heterocycles. The number of aliphatic hydroxyl groups is 1. The van der Waals surface area contributed by atoms with Crippen LogP contribution in [0.3, 0.4) is 0 Å². The molecule has 0 aliphatic carbocycles. The van der Waals surface area contributed by atoms with E-state index in [2.05, 4.69) is 31.9 Å². The molecule has 0 unspecified atom stereocenters. The van der Waals surface area contributed by atoms with Crippen molar-refractivity contribution in [2.75, 3.05) is 6.61 Å². The van der Waals surface area contributed by atoms with Crippen LogP contribution in [0.5, 0.6) is 5.75 Å². The molecule has 1 aromatic heterocycles. The van der Waals surface area contributed by atoms with Crippen LogP contribution >= 0.6 is 0 Å². The van der Waals surface area contributed by atoms with E-state index in [1.807, 2.05) is 36.7 Å². The summed E-state index contributed by atoms with van der Waals surface area (Å²) in [7, 11) is 0. The van der Waals surface area contributed by atoms with Crippen LogP contribution in [0.1, 0.15) is 42.3 Å². The molecular formula is C18H26N2O2. The topological polar surface area (TPSA) is 47.3 Å². The first kappa shape index (κ1) is 16.6. The van der Waals surface area contributed by atoms with E-state index < -0.39 is 6.10 Å². The third-order valence-corrected chi connectivity index (χ3v) is 3.79. The van der Waals surface area contributed by atoms with E-state index in [1.165, 1.54) is 11.1 Å². The van der Waals surface area contributed by atoms with Gasteiger partial charge in [0.1, 0.15) is 18.5 Å². The minimum atomic E-state index is -0.580. The number of aliphatic hydroxyl groups excluding tert-OH is 1. The Hall–Kier alpha value is -1.81. The lowest BCUT2D eigenvalue weighted by Gasteiger charge is -2.15. The smallest absolute Gasteiger partial charge is 0.119 e. The summed E-state index contributed by atoms with van der Waals surface area (Å²) in [5, 5.41) is 14.5. The molecule has 0 fully saturated rings. The molecular weight excluding hydrogens is 276 g/mol. The number of aryl methyl sites for hydroxylation is 3. The quantitative estimate of drug-likeness (QED) is 0.890. The molecule has 22 heavy (non-hydrogen) atoms. The summed E-state index contributed by atoms with van der Waals surface area (Å²) >= 11 is 0. The molecule has 0 radical (unpaired) electrons. The van der Waals surface area contributed by atoms with Crippen LogP contribution in [0, 0.1) is 20.8 Å². The molecule has 0 bridgehead atoms. The highest BCUT2D eigenvalue weighted by Gasteiger charge is 2.10. The molecule has 0 spiro atoms. The molecule has 4 nitrogen and oxygen atoms in total. The molecule has 1 heterocycles. The van der Waals surface area contributed by atoms with Crippen LogP contribution in [0.15, 0.2) is 24.3 Å². The van der Waals surface area contributed by atoms with Crippen LogP contribution in [0.25, 0.3) is 0 Å². The highest BCUT2D eigenvalue weighted by Crippen LogP contribution is 2.23. The van der Waals surface area contributed by atoms with Gasteiger partial charge in [0.2, 0.25) is 0 Å². The third kappa shape index (κ3) is 4.10. The summed E-state index contributed by atoms with van der Waals surface area (Å²) in [6.45, 7) is 11.1. The Morgan fingerprint density at radius 2 is 1.91 bits per heavy atom. The van der Waals surface area contributed by atoms with Gasteiger partial charge >= 0.3 is 0 Å². The molecule has 120 valence electrons. The van der Waals surface area contributed by atoms with Crippen LogP contribution in [-0.2, 0) is 6.54 Å². The average molecular weight is 302 g/mol. The largest absolute Gasteiger partial charge is 0.491 e. The lowest BCUT2D eigenvalue weighted by Crippen LogP contribution is -2.24. The SMILES string of the molecule is Cc1cc(C)n(C[C@H](O)COc2ccc(C(C)C)c(C)c2)n1. The highest BCUT2D eigenvalue weighted by molar-refractivity contribution is 5.36. The van der Waals surface area contributed by atoms with Crippen LogP contribution in [-0.4, -0.2) is 27.6 Å². The van der Waals surface area contributed by atoms with Crippen LogP contribution in [0.4, 0.5) is 0 Å². The zero-order chi connectivity index (χ0) is 16.3. The van der Waals surface area contributed by atoms with Crippen molar-refractivity contribution in [3.05, 3.63) is 46.8 Å². The van der Waals surface area contributed by atoms with E-state index in [1.54, 1.807) is 0 Å². The zero-order valence-electron chi connectivity index (χ0n) is 14.1. The maximum absolute atomic E-state index is 10.1. The Morgan fingerprint density at radius 3 is 2.45 bits per heavy atom. The first-order chi connectivity index (χ1) is 10.4. The summed E-state index contributed by atoms with van der Waals surface area (Å²) in [6, 6.07) is 8.11. The standard InChI is InChI=1S/C18H26N2O2/c1-12(2)18-7-6-17(8-13(18)3)22-11-16(21)10-20-15(5)9-14(4)19-20/h6-9,12,16,21H,10-11H2,1-5H3/t16-/m0/s1. The zero-order valence-corrected chi connectivity index (χ0v) is 14.1. The Morgan fingerprint density at radius 1 is 1.18 bits per heavy atom. The number of ether oxygens (including phenoxy) is 1. The minimum Gasteiger partial charge on any atom is -0.491 e. The van der Waals surface area contributed by atoms with Crippen molar-refractivity contribution in [3.8, 4) is 5.75 Å². The molecule has 0 amide bonds. The molecule has 2 rings (SSSR count). The van der Waals surface area contributed by atoms with Gasteiger partial charge in [0.25, 0.3) is 0 Å². The molecule has 0 aliphatic rings. The number of aromatic nitrogens is 2. The van der Waals surface area contributed by atoms with Gasteiger partial charge in [0, 0.05) is 5.69 Å². The molecule has 1 aromatic carbocycles. The van der Waals surface area contributed by atoms with Gasteiger partial charge in [-0.15, -0.1) is 0 Å². The Labute approximate surface area is 132 Å². The van der Waals surface area contributed by atoms with Gasteiger partial charge in [0.15, 0.2) is 0 Å². The summed E-state index contributed by atoms with van der Waals surface area (Å²) in [5.41, 5.74) is 4.57. The van der Waals surface area contributed by atoms with Crippen LogP contribution in [0.2, 0.25) is 0 Å². The molecule has 4 heteroatoms. The number of hydrogen-bond donors (Lipinski definition) is 1. The Kier molecular flexibility index (Phi) is 5.24. The number of nitrogens with zero attached hydrogens (tertiary/aromatic N) is 2. The van der Waals surface area contributed by atoms with Crippen LogP contribution < -0.4 is 4.74 Å². The normalized spacial score (nSPS) is 12.7. The fraction of sp³-hybridized carbons (Fsp3) is 0.500. The first-order valence-corrected chi connectivity index (χ1v) is 7.79. The maximum Gasteiger partial charge on any atom is 0.119 e. The van der Waals surface area contributed by atoms with Gasteiger partial charge in [-0.1, -0.05) is 19.9 Å². The number of benzene rings is 1. The fourth-order valence-corrected chi connectivity index (χ4v) is 2.69. The molecule has 1 N–H and O–H groups in total. The maximum atomic E-state index is 10.1. The van der Waals surface area contributed by atoms with Gasteiger partial charge in [-0.3, -0.25) is 4.68 Å². The van der Waals surface area contributed by atoms with Crippen molar-refractivity contribution in [2.24, 2.45) is 0 Å². The summed E-state index contributed by atoms with van der Waals surface area (Å²) in [5.74, 6) is 1.31. The number of rotatable bonds is 6. The second kappa shape index (κ2) is 6.97. The predicted molar refractivity (Wildman–Crippen MR) is 88.5 cm³/mol. The van der Waals surface area contributed by atoms with E-state index in [0.717, 1.165) is 17.1 Å². The van der Waals surface area contributed by atoms with E-state index in [-0.39, 0.29) is 6.61 Å². The van der Waals surface area contributed by atoms with E-state index in [0.29, 0.717) is 12.5 Å². The predicted octanol–water partition coefficient (Wildman–Crippen LogP) is 3.37. The minimum absolute atomic E-state index is 0.263. The van der Waals surface area contributed by atoms with Crippen molar-refractivity contribution in [1.82, 2.24) is 9.78 Å².